The summed E-state index contributed by atoms with van der Waals surface area (Å²) >= 11 is 5.06. The maximum Gasteiger partial charge on any atom is 0.232 e. The maximum absolute atomic E-state index is 12.5. The van der Waals surface area contributed by atoms with Gasteiger partial charge in [0.05, 0.1) is 10.9 Å². The molecule has 0 bridgehead atoms. The number of hydrogen-bond donors (Lipinski definition) is 2. The number of aliphatic hydroxyl groups excluding tert-OH is 1. The molecule has 0 fully saturated rings. The number of benzene rings is 1. The molecule has 0 aliphatic heterocycles. The van der Waals surface area contributed by atoms with Gasteiger partial charge in [-0.05, 0) is 31.2 Å². The van der Waals surface area contributed by atoms with Gasteiger partial charge in [0.15, 0.2) is 0 Å². The third-order valence-corrected chi connectivity index (χ3v) is 3.74. The standard InChI is InChI=1S/C16H24N2O2S/c1-18(10-6-3-7-11-19)16(20)14(15(17)21)12-13-8-4-2-5-9-13/h2,4-5,8-9,14,19H,3,6-7,10-12H2,1H3,(H2,17,21). The first kappa shape index (κ1) is 17.6. The molecule has 3 N–H and O–H groups in total. The Morgan fingerprint density at radius 1 is 1.29 bits per heavy atom. The fraction of sp³-hybridized carbons (Fsp3) is 0.500. The molecular formula is C16H24N2O2S. The lowest BCUT2D eigenvalue weighted by Crippen LogP contribution is -2.40. The highest BCUT2D eigenvalue weighted by atomic mass is 32.1. The Bertz CT molecular complexity index is 451. The molecule has 0 heterocycles. The summed E-state index contributed by atoms with van der Waals surface area (Å²) in [4.78, 5) is 14.4. The Labute approximate surface area is 131 Å². The first-order valence-corrected chi connectivity index (χ1v) is 7.66. The van der Waals surface area contributed by atoms with Crippen LogP contribution in [-0.4, -0.2) is 41.1 Å². The number of carbonyl (C=O) groups excluding carboxylic acids is 1. The van der Waals surface area contributed by atoms with Crippen LogP contribution in [0.15, 0.2) is 30.3 Å². The van der Waals surface area contributed by atoms with Crippen molar-refractivity contribution in [2.24, 2.45) is 11.7 Å². The van der Waals surface area contributed by atoms with Gasteiger partial charge >= 0.3 is 0 Å². The summed E-state index contributed by atoms with van der Waals surface area (Å²) in [7, 11) is 1.78. The zero-order valence-corrected chi connectivity index (χ0v) is 13.3. The van der Waals surface area contributed by atoms with Gasteiger partial charge < -0.3 is 15.7 Å². The van der Waals surface area contributed by atoms with Crippen molar-refractivity contribution in [3.8, 4) is 0 Å². The fourth-order valence-corrected chi connectivity index (χ4v) is 2.36. The summed E-state index contributed by atoms with van der Waals surface area (Å²) in [5.74, 6) is -0.486. The summed E-state index contributed by atoms with van der Waals surface area (Å²) in [6, 6.07) is 9.76. The minimum Gasteiger partial charge on any atom is -0.396 e. The topological polar surface area (TPSA) is 66.6 Å². The lowest BCUT2D eigenvalue weighted by molar-refractivity contribution is -0.132. The van der Waals surface area contributed by atoms with Gasteiger partial charge in [-0.25, -0.2) is 0 Å². The average molecular weight is 308 g/mol. The number of amides is 1. The second-order valence-corrected chi connectivity index (χ2v) is 5.66. The molecule has 1 aromatic carbocycles. The van der Waals surface area contributed by atoms with Crippen molar-refractivity contribution in [1.29, 1.82) is 0 Å². The average Bonchev–Trinajstić information content (AvgIpc) is 2.49. The molecule has 0 aliphatic rings. The van der Waals surface area contributed by atoms with Gasteiger partial charge in [-0.3, -0.25) is 4.79 Å². The molecule has 21 heavy (non-hydrogen) atoms. The van der Waals surface area contributed by atoms with Gasteiger partial charge in [-0.1, -0.05) is 42.5 Å². The Kier molecular flexibility index (Phi) is 7.93. The molecule has 5 heteroatoms. The third kappa shape index (κ3) is 6.23. The van der Waals surface area contributed by atoms with Crippen LogP contribution >= 0.6 is 12.2 Å². The van der Waals surface area contributed by atoms with Crippen LogP contribution in [0.25, 0.3) is 0 Å². The van der Waals surface area contributed by atoms with Crippen molar-refractivity contribution in [2.75, 3.05) is 20.2 Å². The smallest absolute Gasteiger partial charge is 0.232 e. The monoisotopic (exact) mass is 308 g/mol. The number of thiocarbonyl (C=S) groups is 1. The van der Waals surface area contributed by atoms with Crippen molar-refractivity contribution in [3.63, 3.8) is 0 Å². The SMILES string of the molecule is CN(CCCCCO)C(=O)C(Cc1ccccc1)C(N)=S. The number of carbonyl (C=O) groups is 1. The molecule has 116 valence electrons. The highest BCUT2D eigenvalue weighted by molar-refractivity contribution is 7.80. The summed E-state index contributed by atoms with van der Waals surface area (Å²) in [6.07, 6.45) is 3.09. The Balaban J connectivity index is 2.59. The summed E-state index contributed by atoms with van der Waals surface area (Å²) in [5.41, 5.74) is 6.80. The predicted molar refractivity (Wildman–Crippen MR) is 89.0 cm³/mol. The molecule has 1 rings (SSSR count). The molecule has 1 atom stereocenters. The van der Waals surface area contributed by atoms with Crippen LogP contribution in [-0.2, 0) is 11.2 Å². The molecule has 0 saturated heterocycles. The predicted octanol–water partition coefficient (Wildman–Crippen LogP) is 1.75. The number of aliphatic hydroxyl groups is 1. The van der Waals surface area contributed by atoms with E-state index in [2.05, 4.69) is 0 Å². The lowest BCUT2D eigenvalue weighted by atomic mass is 9.98. The van der Waals surface area contributed by atoms with Crippen LogP contribution in [0.2, 0.25) is 0 Å². The van der Waals surface area contributed by atoms with Crippen molar-refractivity contribution in [3.05, 3.63) is 35.9 Å². The molecule has 1 amide bonds. The zero-order valence-electron chi connectivity index (χ0n) is 12.5. The van der Waals surface area contributed by atoms with E-state index in [-0.39, 0.29) is 17.5 Å². The minimum absolute atomic E-state index is 0.0321. The number of rotatable bonds is 9. The fourth-order valence-electron chi connectivity index (χ4n) is 2.17. The van der Waals surface area contributed by atoms with Crippen LogP contribution in [0.5, 0.6) is 0 Å². The second kappa shape index (κ2) is 9.47. The number of hydrogen-bond acceptors (Lipinski definition) is 3. The van der Waals surface area contributed by atoms with Crippen LogP contribution in [0.3, 0.4) is 0 Å². The van der Waals surface area contributed by atoms with Gasteiger partial charge in [0, 0.05) is 20.2 Å². The van der Waals surface area contributed by atoms with E-state index in [0.29, 0.717) is 13.0 Å². The molecule has 0 aromatic heterocycles. The van der Waals surface area contributed by atoms with Gasteiger partial charge in [-0.2, -0.15) is 0 Å². The van der Waals surface area contributed by atoms with Crippen molar-refractivity contribution in [2.45, 2.75) is 25.7 Å². The Hall–Kier alpha value is -1.46. The van der Waals surface area contributed by atoms with Crippen LogP contribution in [0, 0.1) is 5.92 Å². The van der Waals surface area contributed by atoms with Crippen molar-refractivity contribution in [1.82, 2.24) is 4.90 Å². The first-order valence-electron chi connectivity index (χ1n) is 7.25. The van der Waals surface area contributed by atoms with Crippen molar-refractivity contribution < 1.29 is 9.90 Å². The molecule has 0 radical (unpaired) electrons. The summed E-state index contributed by atoms with van der Waals surface area (Å²) in [5, 5.41) is 8.75. The van der Waals surface area contributed by atoms with E-state index in [0.717, 1.165) is 24.8 Å². The first-order chi connectivity index (χ1) is 10.1. The quantitative estimate of drug-likeness (QED) is 0.539. The van der Waals surface area contributed by atoms with Gasteiger partial charge in [0.2, 0.25) is 5.91 Å². The number of unbranched alkanes of at least 4 members (excludes halogenated alkanes) is 2. The molecule has 0 saturated carbocycles. The van der Waals surface area contributed by atoms with Gasteiger partial charge in [-0.15, -0.1) is 0 Å². The largest absolute Gasteiger partial charge is 0.396 e. The molecule has 0 spiro atoms. The number of nitrogens with two attached hydrogens (primary N) is 1. The Morgan fingerprint density at radius 2 is 1.95 bits per heavy atom. The Morgan fingerprint density at radius 3 is 2.52 bits per heavy atom. The molecule has 0 aliphatic carbocycles. The van der Waals surface area contributed by atoms with E-state index >= 15 is 0 Å². The lowest BCUT2D eigenvalue weighted by Gasteiger charge is -2.23. The van der Waals surface area contributed by atoms with E-state index in [1.54, 1.807) is 11.9 Å². The van der Waals surface area contributed by atoms with E-state index < -0.39 is 5.92 Å². The highest BCUT2D eigenvalue weighted by Crippen LogP contribution is 2.12. The van der Waals surface area contributed by atoms with E-state index in [1.807, 2.05) is 30.3 Å². The van der Waals surface area contributed by atoms with Crippen LogP contribution in [0.4, 0.5) is 0 Å². The van der Waals surface area contributed by atoms with Gasteiger partial charge in [0.1, 0.15) is 0 Å². The van der Waals surface area contributed by atoms with Gasteiger partial charge in [0.25, 0.3) is 0 Å². The van der Waals surface area contributed by atoms with Crippen LogP contribution < -0.4 is 5.73 Å². The second-order valence-electron chi connectivity index (χ2n) is 5.19. The van der Waals surface area contributed by atoms with E-state index in [4.69, 9.17) is 23.1 Å². The highest BCUT2D eigenvalue weighted by Gasteiger charge is 2.24. The molecule has 1 aromatic rings. The summed E-state index contributed by atoms with van der Waals surface area (Å²) < 4.78 is 0. The molecular weight excluding hydrogens is 284 g/mol. The van der Waals surface area contributed by atoms with E-state index in [1.165, 1.54) is 0 Å². The normalized spacial score (nSPS) is 11.9. The molecule has 1 unspecified atom stereocenters. The van der Waals surface area contributed by atoms with Crippen LogP contribution in [0.1, 0.15) is 24.8 Å². The maximum atomic E-state index is 12.5. The third-order valence-electron chi connectivity index (χ3n) is 3.45. The molecule has 4 nitrogen and oxygen atoms in total. The van der Waals surface area contributed by atoms with E-state index in [9.17, 15) is 4.79 Å². The summed E-state index contributed by atoms with van der Waals surface area (Å²) in [6.45, 7) is 0.855. The zero-order chi connectivity index (χ0) is 15.7. The van der Waals surface area contributed by atoms with Crippen molar-refractivity contribution >= 4 is 23.1 Å². The minimum atomic E-state index is -0.453. The number of nitrogens with zero attached hydrogens (tertiary/aromatic N) is 1.